The van der Waals surface area contributed by atoms with Crippen molar-refractivity contribution in [1.29, 1.82) is 0 Å². The first-order valence-corrected chi connectivity index (χ1v) is 4.27. The topological polar surface area (TPSA) is 21.7 Å². The van der Waals surface area contributed by atoms with Crippen LogP contribution >= 0.6 is 0 Å². The summed E-state index contributed by atoms with van der Waals surface area (Å²) in [4.78, 5) is 2.27. The Morgan fingerprint density at radius 3 is 2.67 bits per heavy atom. The molecule has 3 heteroatoms. The van der Waals surface area contributed by atoms with Gasteiger partial charge in [-0.25, -0.2) is 0 Å². The number of ether oxygens (including phenoxy) is 2. The lowest BCUT2D eigenvalue weighted by Crippen LogP contribution is -2.43. The van der Waals surface area contributed by atoms with Gasteiger partial charge in [-0.1, -0.05) is 6.08 Å². The monoisotopic (exact) mass is 167 g/mol. The van der Waals surface area contributed by atoms with Crippen LogP contribution in [0.4, 0.5) is 0 Å². The second kappa shape index (κ2) is 3.74. The third kappa shape index (κ3) is 1.68. The normalized spacial score (nSPS) is 30.2. The summed E-state index contributed by atoms with van der Waals surface area (Å²) in [5.41, 5.74) is 0. The standard InChI is InChI=1S/C9H13NO2/c1-2-6-12-9(3-1)10-4-7-11-8-5-10/h1-3,6,9H,4-5,7-8H2. The van der Waals surface area contributed by atoms with E-state index in [4.69, 9.17) is 9.47 Å². The van der Waals surface area contributed by atoms with Crippen molar-refractivity contribution in [3.05, 3.63) is 24.5 Å². The van der Waals surface area contributed by atoms with Gasteiger partial charge in [0.2, 0.25) is 0 Å². The van der Waals surface area contributed by atoms with Crippen molar-refractivity contribution in [2.45, 2.75) is 6.23 Å². The van der Waals surface area contributed by atoms with Crippen LogP contribution in [-0.2, 0) is 9.47 Å². The summed E-state index contributed by atoms with van der Waals surface area (Å²) >= 11 is 0. The number of hydrogen-bond donors (Lipinski definition) is 0. The molecular formula is C9H13NO2. The van der Waals surface area contributed by atoms with Gasteiger partial charge < -0.3 is 9.47 Å². The number of allylic oxidation sites excluding steroid dienone is 2. The van der Waals surface area contributed by atoms with E-state index in [9.17, 15) is 0 Å². The molecule has 3 nitrogen and oxygen atoms in total. The summed E-state index contributed by atoms with van der Waals surface area (Å²) in [6.45, 7) is 3.56. The molecule has 1 saturated heterocycles. The van der Waals surface area contributed by atoms with E-state index in [-0.39, 0.29) is 6.23 Å². The number of morpholine rings is 1. The third-order valence-corrected chi connectivity index (χ3v) is 2.09. The first-order valence-electron chi connectivity index (χ1n) is 4.27. The second-order valence-electron chi connectivity index (χ2n) is 2.89. The molecule has 0 spiro atoms. The molecule has 0 aromatic carbocycles. The van der Waals surface area contributed by atoms with E-state index in [0.29, 0.717) is 0 Å². The van der Waals surface area contributed by atoms with E-state index >= 15 is 0 Å². The van der Waals surface area contributed by atoms with Gasteiger partial charge >= 0.3 is 0 Å². The fourth-order valence-corrected chi connectivity index (χ4v) is 1.42. The van der Waals surface area contributed by atoms with Gasteiger partial charge in [0.1, 0.15) is 0 Å². The molecule has 0 bridgehead atoms. The molecule has 2 heterocycles. The maximum Gasteiger partial charge on any atom is 0.171 e. The van der Waals surface area contributed by atoms with Crippen molar-refractivity contribution in [2.24, 2.45) is 0 Å². The van der Waals surface area contributed by atoms with Gasteiger partial charge in [-0.3, -0.25) is 4.90 Å². The molecule has 0 aliphatic carbocycles. The molecule has 1 atom stereocenters. The Morgan fingerprint density at radius 1 is 1.17 bits per heavy atom. The number of hydrogen-bond acceptors (Lipinski definition) is 3. The van der Waals surface area contributed by atoms with E-state index in [1.54, 1.807) is 6.26 Å². The fraction of sp³-hybridized carbons (Fsp3) is 0.556. The minimum atomic E-state index is 0.124. The molecular weight excluding hydrogens is 154 g/mol. The van der Waals surface area contributed by atoms with Gasteiger partial charge in [0.15, 0.2) is 6.23 Å². The highest BCUT2D eigenvalue weighted by Gasteiger charge is 2.19. The Bertz CT molecular complexity index is 195. The van der Waals surface area contributed by atoms with Crippen LogP contribution in [0, 0.1) is 0 Å². The predicted molar refractivity (Wildman–Crippen MR) is 45.5 cm³/mol. The van der Waals surface area contributed by atoms with Crippen LogP contribution in [0.15, 0.2) is 24.5 Å². The summed E-state index contributed by atoms with van der Waals surface area (Å²) in [5.74, 6) is 0. The highest BCUT2D eigenvalue weighted by molar-refractivity contribution is 5.07. The van der Waals surface area contributed by atoms with Crippen molar-refractivity contribution in [3.63, 3.8) is 0 Å². The highest BCUT2D eigenvalue weighted by atomic mass is 16.5. The summed E-state index contributed by atoms with van der Waals surface area (Å²) in [6, 6.07) is 0. The lowest BCUT2D eigenvalue weighted by molar-refractivity contribution is -0.0428. The predicted octanol–water partition coefficient (Wildman–Crippen LogP) is 0.745. The summed E-state index contributed by atoms with van der Waals surface area (Å²) in [6.07, 6.45) is 7.84. The molecule has 1 fully saturated rings. The molecule has 2 aliphatic heterocycles. The zero-order chi connectivity index (χ0) is 8.23. The van der Waals surface area contributed by atoms with E-state index < -0.39 is 0 Å². The van der Waals surface area contributed by atoms with Crippen molar-refractivity contribution < 1.29 is 9.47 Å². The van der Waals surface area contributed by atoms with E-state index in [2.05, 4.69) is 11.0 Å². The SMILES string of the molecule is C1=COC(N2CCOCC2)C=C1. The summed E-state index contributed by atoms with van der Waals surface area (Å²) in [5, 5.41) is 0. The van der Waals surface area contributed by atoms with Crippen LogP contribution in [0.2, 0.25) is 0 Å². The van der Waals surface area contributed by atoms with Crippen LogP contribution in [0.25, 0.3) is 0 Å². The van der Waals surface area contributed by atoms with Crippen LogP contribution in [-0.4, -0.2) is 37.4 Å². The van der Waals surface area contributed by atoms with Crippen molar-refractivity contribution in [2.75, 3.05) is 26.3 Å². The lowest BCUT2D eigenvalue weighted by atomic mass is 10.3. The molecule has 0 radical (unpaired) electrons. The van der Waals surface area contributed by atoms with Gasteiger partial charge in [-0.05, 0) is 12.2 Å². The minimum Gasteiger partial charge on any atom is -0.479 e. The van der Waals surface area contributed by atoms with Gasteiger partial charge in [-0.2, -0.15) is 0 Å². The average molecular weight is 167 g/mol. The maximum atomic E-state index is 5.42. The van der Waals surface area contributed by atoms with E-state index in [1.807, 2.05) is 12.2 Å². The minimum absolute atomic E-state index is 0.124. The molecule has 0 amide bonds. The van der Waals surface area contributed by atoms with Gasteiger partial charge in [-0.15, -0.1) is 0 Å². The Hall–Kier alpha value is -0.800. The molecule has 0 aromatic rings. The van der Waals surface area contributed by atoms with Crippen LogP contribution in [0.5, 0.6) is 0 Å². The third-order valence-electron chi connectivity index (χ3n) is 2.09. The Morgan fingerprint density at radius 2 is 2.00 bits per heavy atom. The number of nitrogens with zero attached hydrogens (tertiary/aromatic N) is 1. The Labute approximate surface area is 72.3 Å². The van der Waals surface area contributed by atoms with Crippen molar-refractivity contribution in [3.8, 4) is 0 Å². The van der Waals surface area contributed by atoms with E-state index in [1.165, 1.54) is 0 Å². The van der Waals surface area contributed by atoms with Crippen LogP contribution in [0.3, 0.4) is 0 Å². The molecule has 0 N–H and O–H groups in total. The zero-order valence-electron chi connectivity index (χ0n) is 6.98. The highest BCUT2D eigenvalue weighted by Crippen LogP contribution is 2.10. The van der Waals surface area contributed by atoms with Crippen LogP contribution in [0.1, 0.15) is 0 Å². The van der Waals surface area contributed by atoms with Gasteiger partial charge in [0.05, 0.1) is 19.5 Å². The largest absolute Gasteiger partial charge is 0.479 e. The zero-order valence-corrected chi connectivity index (χ0v) is 6.98. The Balaban J connectivity index is 1.90. The first kappa shape index (κ1) is 7.83. The summed E-state index contributed by atoms with van der Waals surface area (Å²) in [7, 11) is 0. The quantitative estimate of drug-likeness (QED) is 0.575. The average Bonchev–Trinajstić information content (AvgIpc) is 2.21. The van der Waals surface area contributed by atoms with Crippen molar-refractivity contribution in [1.82, 2.24) is 4.90 Å². The van der Waals surface area contributed by atoms with E-state index in [0.717, 1.165) is 26.3 Å². The fourth-order valence-electron chi connectivity index (χ4n) is 1.42. The molecule has 0 aromatic heterocycles. The van der Waals surface area contributed by atoms with Crippen LogP contribution < -0.4 is 0 Å². The second-order valence-corrected chi connectivity index (χ2v) is 2.89. The molecule has 12 heavy (non-hydrogen) atoms. The lowest BCUT2D eigenvalue weighted by Gasteiger charge is -2.32. The Kier molecular flexibility index (Phi) is 2.44. The molecule has 2 rings (SSSR count). The van der Waals surface area contributed by atoms with Crippen molar-refractivity contribution >= 4 is 0 Å². The number of rotatable bonds is 1. The smallest absolute Gasteiger partial charge is 0.171 e. The molecule has 66 valence electrons. The summed E-state index contributed by atoms with van der Waals surface area (Å²) < 4.78 is 10.7. The molecule has 1 unspecified atom stereocenters. The maximum absolute atomic E-state index is 5.42. The molecule has 2 aliphatic rings. The first-order chi connectivity index (χ1) is 5.97. The molecule has 0 saturated carbocycles. The van der Waals surface area contributed by atoms with Gasteiger partial charge in [0, 0.05) is 13.1 Å². The van der Waals surface area contributed by atoms with Gasteiger partial charge in [0.25, 0.3) is 0 Å².